The predicted octanol–water partition coefficient (Wildman–Crippen LogP) is 0.626. The van der Waals surface area contributed by atoms with Crippen LogP contribution in [-0.4, -0.2) is 26.7 Å². The number of ether oxygens (including phenoxy) is 1. The molecule has 0 fully saturated rings. The number of nitrogens with two attached hydrogens (primary N) is 1. The Morgan fingerprint density at radius 3 is 2.88 bits per heavy atom. The van der Waals surface area contributed by atoms with Gasteiger partial charge >= 0.3 is 5.97 Å². The molecule has 4 heteroatoms. The number of benzene rings is 1. The van der Waals surface area contributed by atoms with E-state index in [9.17, 15) is 4.79 Å². The molecular weight excluding hydrogens is 204 g/mol. The molecule has 0 atom stereocenters. The van der Waals surface area contributed by atoms with Crippen molar-refractivity contribution in [1.29, 1.82) is 0 Å². The fraction of sp³-hybridized carbons (Fsp3) is 0.250. The summed E-state index contributed by atoms with van der Waals surface area (Å²) < 4.78 is 4.59. The fourth-order valence-corrected chi connectivity index (χ4v) is 1.15. The summed E-state index contributed by atoms with van der Waals surface area (Å²) in [6, 6.07) is 4.92. The molecule has 4 nitrogen and oxygen atoms in total. The lowest BCUT2D eigenvalue weighted by Gasteiger charge is -2.02. The van der Waals surface area contributed by atoms with E-state index in [1.807, 2.05) is 7.05 Å². The number of carbonyl (C=O) groups is 1. The zero-order chi connectivity index (χ0) is 12.0. The van der Waals surface area contributed by atoms with E-state index in [4.69, 9.17) is 5.73 Å². The Morgan fingerprint density at radius 1 is 1.56 bits per heavy atom. The monoisotopic (exact) mass is 218 g/mol. The first kappa shape index (κ1) is 12.1. The smallest absolute Gasteiger partial charge is 0.337 e. The third kappa shape index (κ3) is 3.01. The van der Waals surface area contributed by atoms with Gasteiger partial charge in [0.2, 0.25) is 0 Å². The van der Waals surface area contributed by atoms with Gasteiger partial charge in [-0.3, -0.25) is 0 Å². The van der Waals surface area contributed by atoms with Gasteiger partial charge in [0.15, 0.2) is 0 Å². The SMILES string of the molecule is CNCC#Cc1ccc(C(=O)OC)cc1N. The lowest BCUT2D eigenvalue weighted by molar-refractivity contribution is 0.0601. The average molecular weight is 218 g/mol. The number of rotatable bonds is 2. The van der Waals surface area contributed by atoms with Crippen LogP contribution in [0.15, 0.2) is 18.2 Å². The first-order valence-electron chi connectivity index (χ1n) is 4.80. The van der Waals surface area contributed by atoms with Gasteiger partial charge in [0, 0.05) is 11.3 Å². The number of hydrogen-bond donors (Lipinski definition) is 2. The minimum absolute atomic E-state index is 0.401. The third-order valence-corrected chi connectivity index (χ3v) is 1.96. The number of methoxy groups -OCH3 is 1. The molecule has 1 aromatic rings. The molecular formula is C12H14N2O2. The molecule has 0 unspecified atom stereocenters. The second-order valence-corrected chi connectivity index (χ2v) is 3.13. The fourth-order valence-electron chi connectivity index (χ4n) is 1.15. The number of esters is 1. The molecule has 0 aliphatic heterocycles. The van der Waals surface area contributed by atoms with Crippen molar-refractivity contribution in [2.24, 2.45) is 0 Å². The van der Waals surface area contributed by atoms with E-state index in [2.05, 4.69) is 21.9 Å². The molecule has 0 spiro atoms. The van der Waals surface area contributed by atoms with Crippen molar-refractivity contribution in [3.05, 3.63) is 29.3 Å². The molecule has 3 N–H and O–H groups in total. The zero-order valence-electron chi connectivity index (χ0n) is 9.33. The first-order chi connectivity index (χ1) is 7.69. The molecule has 0 amide bonds. The van der Waals surface area contributed by atoms with E-state index in [1.165, 1.54) is 7.11 Å². The van der Waals surface area contributed by atoms with Crippen LogP contribution in [0.4, 0.5) is 5.69 Å². The van der Waals surface area contributed by atoms with Crippen molar-refractivity contribution in [1.82, 2.24) is 5.32 Å². The van der Waals surface area contributed by atoms with Crippen molar-refractivity contribution >= 4 is 11.7 Å². The molecule has 1 rings (SSSR count). The van der Waals surface area contributed by atoms with Crippen LogP contribution in [0.2, 0.25) is 0 Å². The Balaban J connectivity index is 2.93. The van der Waals surface area contributed by atoms with Gasteiger partial charge < -0.3 is 15.8 Å². The zero-order valence-corrected chi connectivity index (χ0v) is 9.33. The molecule has 16 heavy (non-hydrogen) atoms. The van der Waals surface area contributed by atoms with Crippen LogP contribution in [0.3, 0.4) is 0 Å². The van der Waals surface area contributed by atoms with E-state index in [0.717, 1.165) is 0 Å². The maximum Gasteiger partial charge on any atom is 0.337 e. The van der Waals surface area contributed by atoms with Crippen LogP contribution in [0.5, 0.6) is 0 Å². The van der Waals surface area contributed by atoms with Gasteiger partial charge in [-0.25, -0.2) is 4.79 Å². The highest BCUT2D eigenvalue weighted by molar-refractivity contribution is 5.90. The summed E-state index contributed by atoms with van der Waals surface area (Å²) in [4.78, 5) is 11.2. The normalized spacial score (nSPS) is 9.12. The van der Waals surface area contributed by atoms with Gasteiger partial charge in [0.25, 0.3) is 0 Å². The second-order valence-electron chi connectivity index (χ2n) is 3.13. The molecule has 84 valence electrons. The topological polar surface area (TPSA) is 64.3 Å². The van der Waals surface area contributed by atoms with Crippen LogP contribution < -0.4 is 11.1 Å². The van der Waals surface area contributed by atoms with Crippen LogP contribution in [0.1, 0.15) is 15.9 Å². The van der Waals surface area contributed by atoms with Crippen molar-refractivity contribution < 1.29 is 9.53 Å². The quantitative estimate of drug-likeness (QED) is 0.434. The molecule has 0 aromatic heterocycles. The first-order valence-corrected chi connectivity index (χ1v) is 4.80. The van der Waals surface area contributed by atoms with E-state index in [-0.39, 0.29) is 0 Å². The summed E-state index contributed by atoms with van der Waals surface area (Å²) >= 11 is 0. The lowest BCUT2D eigenvalue weighted by atomic mass is 10.1. The van der Waals surface area contributed by atoms with Gasteiger partial charge in [-0.15, -0.1) is 0 Å². The number of nitrogen functional groups attached to an aromatic ring is 1. The summed E-state index contributed by atoms with van der Waals surface area (Å²) in [6.45, 7) is 0.595. The van der Waals surface area contributed by atoms with Gasteiger partial charge in [-0.1, -0.05) is 11.8 Å². The highest BCUT2D eigenvalue weighted by Crippen LogP contribution is 2.13. The molecule has 0 saturated heterocycles. The summed E-state index contributed by atoms with van der Waals surface area (Å²) in [5.74, 6) is 5.40. The molecule has 0 heterocycles. The Bertz CT molecular complexity index is 444. The highest BCUT2D eigenvalue weighted by atomic mass is 16.5. The number of hydrogen-bond acceptors (Lipinski definition) is 4. The molecule has 0 radical (unpaired) electrons. The number of anilines is 1. The number of nitrogens with one attached hydrogen (secondary N) is 1. The summed E-state index contributed by atoms with van der Waals surface area (Å²) in [5, 5.41) is 2.91. The van der Waals surface area contributed by atoms with Crippen molar-refractivity contribution in [3.8, 4) is 11.8 Å². The Kier molecular flexibility index (Phi) is 4.37. The van der Waals surface area contributed by atoms with Gasteiger partial charge in [0.1, 0.15) is 0 Å². The minimum Gasteiger partial charge on any atom is -0.465 e. The Labute approximate surface area is 94.8 Å². The second kappa shape index (κ2) is 5.79. The molecule has 0 bridgehead atoms. The standard InChI is InChI=1S/C12H14N2O2/c1-14-7-3-4-9-5-6-10(8-11(9)13)12(15)16-2/h5-6,8,14H,7,13H2,1-2H3. The van der Waals surface area contributed by atoms with Crippen molar-refractivity contribution in [3.63, 3.8) is 0 Å². The van der Waals surface area contributed by atoms with Crippen LogP contribution >= 0.6 is 0 Å². The van der Waals surface area contributed by atoms with Crippen LogP contribution in [-0.2, 0) is 4.74 Å². The van der Waals surface area contributed by atoms with Gasteiger partial charge in [0.05, 0.1) is 19.2 Å². The maximum atomic E-state index is 11.2. The average Bonchev–Trinajstić information content (AvgIpc) is 2.30. The van der Waals surface area contributed by atoms with E-state index in [1.54, 1.807) is 18.2 Å². The lowest BCUT2D eigenvalue weighted by Crippen LogP contribution is -2.05. The van der Waals surface area contributed by atoms with E-state index in [0.29, 0.717) is 23.4 Å². The van der Waals surface area contributed by atoms with Gasteiger partial charge in [-0.2, -0.15) is 0 Å². The van der Waals surface area contributed by atoms with Crippen molar-refractivity contribution in [2.75, 3.05) is 26.4 Å². The minimum atomic E-state index is -0.401. The maximum absolute atomic E-state index is 11.2. The molecule has 0 saturated carbocycles. The van der Waals surface area contributed by atoms with Crippen LogP contribution in [0.25, 0.3) is 0 Å². The van der Waals surface area contributed by atoms with Crippen LogP contribution in [0, 0.1) is 11.8 Å². The van der Waals surface area contributed by atoms with E-state index >= 15 is 0 Å². The summed E-state index contributed by atoms with van der Waals surface area (Å²) in [5.41, 5.74) is 7.38. The van der Waals surface area contributed by atoms with Gasteiger partial charge in [-0.05, 0) is 25.2 Å². The summed E-state index contributed by atoms with van der Waals surface area (Å²) in [7, 11) is 3.15. The van der Waals surface area contributed by atoms with E-state index < -0.39 is 5.97 Å². The summed E-state index contributed by atoms with van der Waals surface area (Å²) in [6.07, 6.45) is 0. The third-order valence-electron chi connectivity index (χ3n) is 1.96. The molecule has 0 aliphatic rings. The number of carbonyl (C=O) groups excluding carboxylic acids is 1. The predicted molar refractivity (Wildman–Crippen MR) is 63.0 cm³/mol. The van der Waals surface area contributed by atoms with Crippen molar-refractivity contribution in [2.45, 2.75) is 0 Å². The largest absolute Gasteiger partial charge is 0.465 e. The Morgan fingerprint density at radius 2 is 2.31 bits per heavy atom. The molecule has 1 aromatic carbocycles. The highest BCUT2D eigenvalue weighted by Gasteiger charge is 2.06. The Hall–Kier alpha value is -1.99. The molecule has 0 aliphatic carbocycles.